The van der Waals surface area contributed by atoms with E-state index < -0.39 is 23.8 Å². The minimum absolute atomic E-state index is 0.147. The monoisotopic (exact) mass is 608 g/mol. The SMILES string of the molecule is COC(=O)Nc1ccc2c(c1)NC(=O)[C@@H](C)CCCC[C@H](N1CCC(c3c(F)ccc(Cl)c3F)=CC1=O)c1cc-2ccn1. The highest BCUT2D eigenvalue weighted by Crippen LogP contribution is 2.38. The van der Waals surface area contributed by atoms with Gasteiger partial charge in [0.05, 0.1) is 35.1 Å². The molecule has 0 unspecified atom stereocenters. The Hall–Kier alpha value is -4.31. The lowest BCUT2D eigenvalue weighted by Crippen LogP contribution is -2.38. The molecule has 3 aromatic rings. The van der Waals surface area contributed by atoms with Crippen LogP contribution in [0.2, 0.25) is 5.02 Å². The van der Waals surface area contributed by atoms with Gasteiger partial charge in [-0.25, -0.2) is 13.6 Å². The molecule has 0 saturated heterocycles. The van der Waals surface area contributed by atoms with E-state index in [2.05, 4.69) is 15.6 Å². The van der Waals surface area contributed by atoms with E-state index in [-0.39, 0.29) is 46.9 Å². The maximum Gasteiger partial charge on any atom is 0.411 e. The summed E-state index contributed by atoms with van der Waals surface area (Å²) in [5, 5.41) is 5.42. The third-order valence-electron chi connectivity index (χ3n) is 7.90. The van der Waals surface area contributed by atoms with Crippen molar-refractivity contribution in [2.75, 3.05) is 24.3 Å². The molecule has 2 aliphatic heterocycles. The highest BCUT2D eigenvalue weighted by Gasteiger charge is 2.31. The van der Waals surface area contributed by atoms with Gasteiger partial charge in [0.15, 0.2) is 5.82 Å². The van der Waals surface area contributed by atoms with Gasteiger partial charge in [0, 0.05) is 36.0 Å². The second kappa shape index (κ2) is 12.9. The zero-order valence-electron chi connectivity index (χ0n) is 23.8. The molecule has 5 rings (SSSR count). The lowest BCUT2D eigenvalue weighted by atomic mass is 9.94. The van der Waals surface area contributed by atoms with Crippen molar-refractivity contribution in [3.8, 4) is 11.1 Å². The van der Waals surface area contributed by atoms with Crippen molar-refractivity contribution in [1.29, 1.82) is 0 Å². The molecule has 224 valence electrons. The molecular formula is C32H31ClF2N4O4. The fourth-order valence-corrected chi connectivity index (χ4v) is 5.72. The normalized spacial score (nSPS) is 19.2. The van der Waals surface area contributed by atoms with Crippen LogP contribution in [0.1, 0.15) is 56.3 Å². The third-order valence-corrected chi connectivity index (χ3v) is 8.19. The Balaban J connectivity index is 1.52. The number of nitrogens with zero attached hydrogens (tertiary/aromatic N) is 2. The van der Waals surface area contributed by atoms with Crippen molar-refractivity contribution in [3.05, 3.63) is 82.7 Å². The first-order valence-electron chi connectivity index (χ1n) is 14.1. The first kappa shape index (κ1) is 30.2. The number of halogens is 3. The Labute approximate surface area is 253 Å². The van der Waals surface area contributed by atoms with Gasteiger partial charge in [0.25, 0.3) is 0 Å². The smallest absolute Gasteiger partial charge is 0.411 e. The van der Waals surface area contributed by atoms with Crippen LogP contribution in [-0.4, -0.2) is 41.4 Å². The van der Waals surface area contributed by atoms with Crippen LogP contribution in [-0.2, 0) is 14.3 Å². The highest BCUT2D eigenvalue weighted by atomic mass is 35.5. The Morgan fingerprint density at radius 2 is 1.91 bits per heavy atom. The maximum atomic E-state index is 14.7. The largest absolute Gasteiger partial charge is 0.453 e. The summed E-state index contributed by atoms with van der Waals surface area (Å²) in [7, 11) is 1.27. The number of amides is 3. The first-order valence-corrected chi connectivity index (χ1v) is 14.4. The summed E-state index contributed by atoms with van der Waals surface area (Å²) < 4.78 is 34.0. The van der Waals surface area contributed by atoms with Crippen LogP contribution in [0.3, 0.4) is 0 Å². The summed E-state index contributed by atoms with van der Waals surface area (Å²) in [6.07, 6.45) is 5.22. The Kier molecular flexibility index (Phi) is 9.05. The van der Waals surface area contributed by atoms with E-state index in [0.717, 1.165) is 30.5 Å². The number of anilines is 2. The van der Waals surface area contributed by atoms with Crippen LogP contribution in [0, 0.1) is 17.6 Å². The van der Waals surface area contributed by atoms with Gasteiger partial charge in [0.2, 0.25) is 11.8 Å². The lowest BCUT2D eigenvalue weighted by Gasteiger charge is -2.34. The number of pyridine rings is 1. The van der Waals surface area contributed by atoms with E-state index in [9.17, 15) is 23.2 Å². The summed E-state index contributed by atoms with van der Waals surface area (Å²) in [5.74, 6) is -2.45. The van der Waals surface area contributed by atoms with Gasteiger partial charge in [0.1, 0.15) is 5.82 Å². The van der Waals surface area contributed by atoms with Crippen LogP contribution in [0.25, 0.3) is 16.7 Å². The van der Waals surface area contributed by atoms with Crippen LogP contribution in [0.5, 0.6) is 0 Å². The van der Waals surface area contributed by atoms with E-state index in [0.29, 0.717) is 35.5 Å². The van der Waals surface area contributed by atoms with Crippen molar-refractivity contribution in [2.45, 2.75) is 45.1 Å². The summed E-state index contributed by atoms with van der Waals surface area (Å²) in [6.45, 7) is 2.10. The van der Waals surface area contributed by atoms with Crippen molar-refractivity contribution in [3.63, 3.8) is 0 Å². The summed E-state index contributed by atoms with van der Waals surface area (Å²) in [6, 6.07) is 10.7. The number of benzene rings is 2. The van der Waals surface area contributed by atoms with Gasteiger partial charge in [-0.2, -0.15) is 0 Å². The Morgan fingerprint density at radius 3 is 2.67 bits per heavy atom. The Bertz CT molecular complexity index is 1610. The number of methoxy groups -OCH3 is 1. The van der Waals surface area contributed by atoms with E-state index >= 15 is 0 Å². The molecule has 0 radical (unpaired) electrons. The van der Waals surface area contributed by atoms with E-state index in [1.165, 1.54) is 13.2 Å². The molecule has 1 aromatic heterocycles. The van der Waals surface area contributed by atoms with E-state index in [4.69, 9.17) is 16.3 Å². The zero-order chi connectivity index (χ0) is 30.7. The predicted molar refractivity (Wildman–Crippen MR) is 160 cm³/mol. The molecule has 2 bridgehead atoms. The fourth-order valence-electron chi connectivity index (χ4n) is 5.57. The number of hydrogen-bond donors (Lipinski definition) is 2. The summed E-state index contributed by atoms with van der Waals surface area (Å²) >= 11 is 5.90. The van der Waals surface area contributed by atoms with Crippen LogP contribution in [0.15, 0.2) is 54.7 Å². The average Bonchev–Trinajstić information content (AvgIpc) is 3.00. The van der Waals surface area contributed by atoms with Gasteiger partial charge in [-0.15, -0.1) is 0 Å². The Morgan fingerprint density at radius 1 is 1.12 bits per heavy atom. The molecule has 2 aromatic carbocycles. The highest BCUT2D eigenvalue weighted by molar-refractivity contribution is 6.31. The van der Waals surface area contributed by atoms with Gasteiger partial charge < -0.3 is 15.0 Å². The van der Waals surface area contributed by atoms with Gasteiger partial charge in [-0.1, -0.05) is 37.4 Å². The van der Waals surface area contributed by atoms with Gasteiger partial charge >= 0.3 is 6.09 Å². The molecule has 43 heavy (non-hydrogen) atoms. The molecule has 0 aliphatic carbocycles. The number of nitrogens with one attached hydrogen (secondary N) is 2. The van der Waals surface area contributed by atoms with Crippen LogP contribution in [0.4, 0.5) is 25.0 Å². The molecule has 2 N–H and O–H groups in total. The molecule has 3 heterocycles. The number of carbonyl (C=O) groups excluding carboxylic acids is 3. The number of ether oxygens (including phenoxy) is 1. The molecule has 0 fully saturated rings. The van der Waals surface area contributed by atoms with E-state index in [1.54, 1.807) is 29.3 Å². The quantitative estimate of drug-likeness (QED) is 0.303. The van der Waals surface area contributed by atoms with E-state index in [1.807, 2.05) is 19.1 Å². The summed E-state index contributed by atoms with van der Waals surface area (Å²) in [5.41, 5.74) is 3.05. The number of hydrogen-bond acceptors (Lipinski definition) is 5. The number of fused-ring (bicyclic) bond motifs is 4. The minimum Gasteiger partial charge on any atom is -0.453 e. The molecule has 3 amide bonds. The average molecular weight is 609 g/mol. The van der Waals surface area contributed by atoms with Crippen LogP contribution < -0.4 is 10.6 Å². The molecule has 0 saturated carbocycles. The minimum atomic E-state index is -0.883. The van der Waals surface area contributed by atoms with Crippen molar-refractivity contribution >= 4 is 46.5 Å². The summed E-state index contributed by atoms with van der Waals surface area (Å²) in [4.78, 5) is 44.7. The lowest BCUT2D eigenvalue weighted by molar-refractivity contribution is -0.129. The molecule has 2 aliphatic rings. The molecule has 0 spiro atoms. The number of aromatic nitrogens is 1. The third kappa shape index (κ3) is 6.54. The predicted octanol–water partition coefficient (Wildman–Crippen LogP) is 7.36. The standard InChI is InChI=1S/C32H31ClF2N4O4/c1-18-5-3-4-6-27(39-14-12-20(16-28(39)40)29-24(34)10-9-23(33)30(29)35)26-15-19(11-13-36-26)22-8-7-21(37-32(42)43-2)17-25(22)38-31(18)41/h7-11,13,15-18,27H,3-6,12,14H2,1-2H3,(H,37,42)(H,38,41)/t18-,27-/m0/s1. The topological polar surface area (TPSA) is 101 Å². The van der Waals surface area contributed by atoms with Crippen molar-refractivity contribution in [2.24, 2.45) is 5.92 Å². The number of carbonyl (C=O) groups is 3. The first-order chi connectivity index (χ1) is 20.7. The van der Waals surface area contributed by atoms with Crippen molar-refractivity contribution in [1.82, 2.24) is 9.88 Å². The number of rotatable bonds is 3. The fraction of sp³-hybridized carbons (Fsp3) is 0.312. The molecule has 2 atom stereocenters. The molecule has 11 heteroatoms. The van der Waals surface area contributed by atoms with Crippen LogP contribution >= 0.6 is 11.6 Å². The molecule has 8 nitrogen and oxygen atoms in total. The second-order valence-corrected chi connectivity index (χ2v) is 11.1. The zero-order valence-corrected chi connectivity index (χ0v) is 24.5. The molecular weight excluding hydrogens is 578 g/mol. The second-order valence-electron chi connectivity index (χ2n) is 10.7. The van der Waals surface area contributed by atoms with Gasteiger partial charge in [-0.3, -0.25) is 19.9 Å². The van der Waals surface area contributed by atoms with Crippen molar-refractivity contribution < 1.29 is 27.9 Å². The van der Waals surface area contributed by atoms with Gasteiger partial charge in [-0.05, 0) is 66.8 Å². The maximum absolute atomic E-state index is 14.7.